The fourth-order valence-electron chi connectivity index (χ4n) is 0.906. The summed E-state index contributed by atoms with van der Waals surface area (Å²) < 4.78 is 43.1. The second-order valence-electron chi connectivity index (χ2n) is 3.04. The second kappa shape index (κ2) is 6.55. The molecule has 18 heavy (non-hydrogen) atoms. The van der Waals surface area contributed by atoms with Gasteiger partial charge in [-0.1, -0.05) is 23.2 Å². The minimum absolute atomic E-state index is 0.0140. The Hall–Kier alpha value is -0.570. The number of amides is 1. The third-order valence-electron chi connectivity index (χ3n) is 1.60. The van der Waals surface area contributed by atoms with Gasteiger partial charge in [0.1, 0.15) is 16.5 Å². The summed E-state index contributed by atoms with van der Waals surface area (Å²) >= 11 is 12.0. The molecule has 4 nitrogen and oxygen atoms in total. The molecule has 0 saturated carbocycles. The van der Waals surface area contributed by atoms with Crippen LogP contribution in [0.3, 0.4) is 0 Å². The first kappa shape index (κ1) is 15.5. The van der Waals surface area contributed by atoms with Gasteiger partial charge in [-0.3, -0.25) is 4.79 Å². The molecule has 1 rings (SSSR count). The number of carbonyl (C=O) groups excluding carboxylic acids is 1. The topological polar surface area (TPSA) is 51.2 Å². The van der Waals surface area contributed by atoms with Crippen LogP contribution in [0, 0.1) is 0 Å². The summed E-state index contributed by atoms with van der Waals surface area (Å²) in [6, 6.07) is 0. The number of nitrogens with one attached hydrogen (secondary N) is 1. The molecule has 102 valence electrons. The summed E-state index contributed by atoms with van der Waals surface area (Å²) in [5.74, 6) is -0.556. The highest BCUT2D eigenvalue weighted by molar-refractivity contribution is 7.09. The van der Waals surface area contributed by atoms with Gasteiger partial charge in [0, 0.05) is 6.54 Å². The standard InChI is InChI=1S/C8H7Cl2F3N2O2S/c9-4-5(18-15-6(4)10)7(16)14-1-2-17-3-8(11,12)13/h1-3H2,(H,14,16). The maximum atomic E-state index is 11.7. The summed E-state index contributed by atoms with van der Waals surface area (Å²) in [6.45, 7) is -1.67. The van der Waals surface area contributed by atoms with E-state index >= 15 is 0 Å². The Balaban J connectivity index is 2.28. The highest BCUT2D eigenvalue weighted by Gasteiger charge is 2.27. The highest BCUT2D eigenvalue weighted by atomic mass is 35.5. The van der Waals surface area contributed by atoms with Crippen LogP contribution in [0.25, 0.3) is 0 Å². The number of ether oxygens (including phenoxy) is 1. The second-order valence-corrected chi connectivity index (χ2v) is 4.55. The van der Waals surface area contributed by atoms with Crippen LogP contribution in [0.5, 0.6) is 0 Å². The minimum atomic E-state index is -4.38. The molecule has 1 amide bonds. The molecule has 0 aliphatic rings. The molecule has 1 aromatic rings. The third kappa shape index (κ3) is 4.97. The molecule has 0 bridgehead atoms. The van der Waals surface area contributed by atoms with Crippen molar-refractivity contribution in [3.05, 3.63) is 15.1 Å². The monoisotopic (exact) mass is 322 g/mol. The van der Waals surface area contributed by atoms with E-state index in [1.54, 1.807) is 0 Å². The van der Waals surface area contributed by atoms with Gasteiger partial charge >= 0.3 is 6.18 Å². The van der Waals surface area contributed by atoms with E-state index in [2.05, 4.69) is 14.4 Å². The summed E-state index contributed by atoms with van der Waals surface area (Å²) in [5, 5.41) is 2.37. The van der Waals surface area contributed by atoms with Gasteiger partial charge in [-0.2, -0.15) is 17.5 Å². The maximum Gasteiger partial charge on any atom is 0.411 e. The lowest BCUT2D eigenvalue weighted by molar-refractivity contribution is -0.173. The molecule has 1 N–H and O–H groups in total. The molecule has 0 saturated heterocycles. The Bertz CT molecular complexity index is 425. The van der Waals surface area contributed by atoms with Crippen molar-refractivity contribution in [2.75, 3.05) is 19.8 Å². The number of nitrogens with zero attached hydrogens (tertiary/aromatic N) is 1. The quantitative estimate of drug-likeness (QED) is 0.848. The number of hydrogen-bond acceptors (Lipinski definition) is 4. The van der Waals surface area contributed by atoms with Crippen molar-refractivity contribution < 1.29 is 22.7 Å². The van der Waals surface area contributed by atoms with Crippen molar-refractivity contribution >= 4 is 40.6 Å². The molecule has 0 aromatic carbocycles. The third-order valence-corrected chi connectivity index (χ3v) is 3.40. The first-order chi connectivity index (χ1) is 8.31. The van der Waals surface area contributed by atoms with Crippen molar-refractivity contribution in [3.63, 3.8) is 0 Å². The van der Waals surface area contributed by atoms with Crippen LogP contribution < -0.4 is 5.32 Å². The number of rotatable bonds is 5. The van der Waals surface area contributed by atoms with Gasteiger partial charge < -0.3 is 10.1 Å². The molecule has 0 fully saturated rings. The average molecular weight is 323 g/mol. The van der Waals surface area contributed by atoms with Crippen LogP contribution in [-0.2, 0) is 4.74 Å². The predicted octanol–water partition coefficient (Wildman–Crippen LogP) is 2.76. The van der Waals surface area contributed by atoms with E-state index in [1.807, 2.05) is 0 Å². The first-order valence-corrected chi connectivity index (χ1v) is 6.07. The Morgan fingerprint density at radius 3 is 2.61 bits per heavy atom. The van der Waals surface area contributed by atoms with Crippen LogP contribution >= 0.6 is 34.7 Å². The number of carbonyl (C=O) groups is 1. The van der Waals surface area contributed by atoms with Gasteiger partial charge in [-0.05, 0) is 11.5 Å². The Labute approximate surface area is 114 Å². The predicted molar refractivity (Wildman–Crippen MR) is 61.3 cm³/mol. The Morgan fingerprint density at radius 1 is 1.44 bits per heavy atom. The number of aromatic nitrogens is 1. The molecule has 0 spiro atoms. The van der Waals surface area contributed by atoms with Crippen molar-refractivity contribution in [3.8, 4) is 0 Å². The van der Waals surface area contributed by atoms with E-state index in [0.29, 0.717) is 0 Å². The maximum absolute atomic E-state index is 11.7. The largest absolute Gasteiger partial charge is 0.411 e. The summed E-state index contributed by atoms with van der Waals surface area (Å²) in [4.78, 5) is 11.6. The number of halogens is 5. The van der Waals surface area contributed by atoms with Crippen LogP contribution in [0.2, 0.25) is 10.2 Å². The van der Waals surface area contributed by atoms with Crippen LogP contribution in [-0.4, -0.2) is 36.2 Å². The average Bonchev–Trinajstić information content (AvgIpc) is 2.57. The van der Waals surface area contributed by atoms with Gasteiger partial charge in [0.25, 0.3) is 5.91 Å². The molecule has 0 atom stereocenters. The fourth-order valence-corrected chi connectivity index (χ4v) is 2.04. The molecule has 1 aromatic heterocycles. The number of hydrogen-bond donors (Lipinski definition) is 1. The van der Waals surface area contributed by atoms with Gasteiger partial charge in [0.05, 0.1) is 6.61 Å². The molecule has 0 unspecified atom stereocenters. The molecule has 1 heterocycles. The molecule has 10 heteroatoms. The lowest BCUT2D eigenvalue weighted by atomic mass is 10.4. The van der Waals surface area contributed by atoms with Gasteiger partial charge in [0.2, 0.25) is 0 Å². The Kier molecular flexibility index (Phi) is 5.64. The van der Waals surface area contributed by atoms with E-state index in [-0.39, 0.29) is 28.2 Å². The zero-order valence-electron chi connectivity index (χ0n) is 8.68. The summed E-state index contributed by atoms with van der Waals surface area (Å²) in [6.07, 6.45) is -4.38. The van der Waals surface area contributed by atoms with Crippen LogP contribution in [0.1, 0.15) is 9.67 Å². The SMILES string of the molecule is O=C(NCCOCC(F)(F)F)c1snc(Cl)c1Cl. The molecule has 0 aliphatic carbocycles. The van der Waals surface area contributed by atoms with Crippen molar-refractivity contribution in [2.45, 2.75) is 6.18 Å². The smallest absolute Gasteiger partial charge is 0.370 e. The van der Waals surface area contributed by atoms with Crippen LogP contribution in [0.4, 0.5) is 13.2 Å². The molecular weight excluding hydrogens is 316 g/mol. The zero-order chi connectivity index (χ0) is 13.8. The molecule has 0 radical (unpaired) electrons. The molecular formula is C8H7Cl2F3N2O2S. The first-order valence-electron chi connectivity index (χ1n) is 4.54. The highest BCUT2D eigenvalue weighted by Crippen LogP contribution is 2.28. The van der Waals surface area contributed by atoms with Crippen molar-refractivity contribution in [1.29, 1.82) is 0 Å². The van der Waals surface area contributed by atoms with Gasteiger partial charge in [-0.25, -0.2) is 0 Å². The lowest BCUT2D eigenvalue weighted by Gasteiger charge is -2.07. The molecule has 0 aliphatic heterocycles. The zero-order valence-corrected chi connectivity index (χ0v) is 11.0. The van der Waals surface area contributed by atoms with Gasteiger partial charge in [-0.15, -0.1) is 0 Å². The summed E-state index contributed by atoms with van der Waals surface area (Å²) in [7, 11) is 0. The fraction of sp³-hybridized carbons (Fsp3) is 0.500. The summed E-state index contributed by atoms with van der Waals surface area (Å²) in [5.41, 5.74) is 0. The Morgan fingerprint density at radius 2 is 2.11 bits per heavy atom. The van der Waals surface area contributed by atoms with E-state index in [1.165, 1.54) is 0 Å². The van der Waals surface area contributed by atoms with Crippen molar-refractivity contribution in [2.24, 2.45) is 0 Å². The van der Waals surface area contributed by atoms with Crippen LogP contribution in [0.15, 0.2) is 0 Å². The normalized spacial score (nSPS) is 11.6. The van der Waals surface area contributed by atoms with E-state index in [9.17, 15) is 18.0 Å². The lowest BCUT2D eigenvalue weighted by Crippen LogP contribution is -2.28. The number of alkyl halides is 3. The van der Waals surface area contributed by atoms with E-state index in [0.717, 1.165) is 11.5 Å². The minimum Gasteiger partial charge on any atom is -0.370 e. The van der Waals surface area contributed by atoms with Gasteiger partial charge in [0.15, 0.2) is 5.15 Å². The van der Waals surface area contributed by atoms with E-state index < -0.39 is 18.7 Å². The van der Waals surface area contributed by atoms with Crippen molar-refractivity contribution in [1.82, 2.24) is 9.69 Å². The van der Waals surface area contributed by atoms with E-state index in [4.69, 9.17) is 23.2 Å².